The number of carbonyl (C=O) groups is 1. The highest BCUT2D eigenvalue weighted by atomic mass is 35.5. The van der Waals surface area contributed by atoms with Crippen LogP contribution in [0.15, 0.2) is 42.5 Å². The van der Waals surface area contributed by atoms with Gasteiger partial charge in [0.2, 0.25) is 0 Å². The van der Waals surface area contributed by atoms with E-state index in [9.17, 15) is 4.79 Å². The van der Waals surface area contributed by atoms with Gasteiger partial charge in [0.05, 0.1) is 6.54 Å². The lowest BCUT2D eigenvalue weighted by molar-refractivity contribution is -0.138. The van der Waals surface area contributed by atoms with E-state index in [0.29, 0.717) is 18.2 Å². The zero-order valence-corrected chi connectivity index (χ0v) is 16.5. The minimum atomic E-state index is -0.839. The van der Waals surface area contributed by atoms with E-state index in [1.165, 1.54) is 0 Å². The molecule has 2 aromatic carbocycles. The number of halogens is 1. The van der Waals surface area contributed by atoms with Crippen LogP contribution in [0.2, 0.25) is 5.02 Å². The number of aliphatic carboxylic acids is 1. The third kappa shape index (κ3) is 5.75. The molecule has 2 aromatic rings. The molecule has 0 atom stereocenters. The molecule has 2 rings (SSSR count). The standard InChI is InChI=1S/C21H26ClNO3/c1-21(2,3)18-13-16(15-6-5-7-17(22)12-15)8-9-19(18)26-11-10-23(4)14-20(24)25/h5-9,12-13H,10-11,14H2,1-4H3,(H,24,25). The number of likely N-dealkylation sites (N-methyl/N-ethyl adjacent to an activating group) is 1. The van der Waals surface area contributed by atoms with E-state index in [0.717, 1.165) is 22.4 Å². The molecule has 0 aromatic heterocycles. The Balaban J connectivity index is 2.20. The lowest BCUT2D eigenvalue weighted by Crippen LogP contribution is -2.30. The summed E-state index contributed by atoms with van der Waals surface area (Å²) in [6.07, 6.45) is 0. The molecule has 0 bridgehead atoms. The van der Waals surface area contributed by atoms with Crippen molar-refractivity contribution in [2.45, 2.75) is 26.2 Å². The normalized spacial score (nSPS) is 11.6. The first-order chi connectivity index (χ1) is 12.2. The van der Waals surface area contributed by atoms with Crippen molar-refractivity contribution in [2.75, 3.05) is 26.7 Å². The zero-order chi connectivity index (χ0) is 19.3. The average molecular weight is 376 g/mol. The summed E-state index contributed by atoms with van der Waals surface area (Å²) in [7, 11) is 1.77. The van der Waals surface area contributed by atoms with Gasteiger partial charge in [-0.2, -0.15) is 0 Å². The molecule has 140 valence electrons. The van der Waals surface area contributed by atoms with E-state index in [2.05, 4.69) is 26.8 Å². The van der Waals surface area contributed by atoms with Gasteiger partial charge < -0.3 is 9.84 Å². The van der Waals surface area contributed by atoms with E-state index in [4.69, 9.17) is 21.4 Å². The molecular weight excluding hydrogens is 350 g/mol. The van der Waals surface area contributed by atoms with Crippen molar-refractivity contribution in [3.63, 3.8) is 0 Å². The molecule has 0 spiro atoms. The van der Waals surface area contributed by atoms with Crippen molar-refractivity contribution in [1.29, 1.82) is 0 Å². The van der Waals surface area contributed by atoms with Gasteiger partial charge in [-0.1, -0.05) is 50.6 Å². The predicted molar refractivity (Wildman–Crippen MR) is 106 cm³/mol. The molecule has 4 nitrogen and oxygen atoms in total. The van der Waals surface area contributed by atoms with Crippen LogP contribution in [-0.4, -0.2) is 42.7 Å². The van der Waals surface area contributed by atoms with E-state index < -0.39 is 5.97 Å². The number of hydrogen-bond acceptors (Lipinski definition) is 3. The summed E-state index contributed by atoms with van der Waals surface area (Å²) in [5.41, 5.74) is 3.18. The Morgan fingerprint density at radius 3 is 2.46 bits per heavy atom. The summed E-state index contributed by atoms with van der Waals surface area (Å²) in [5.74, 6) is -0.0132. The second-order valence-electron chi connectivity index (χ2n) is 7.45. The molecule has 0 heterocycles. The average Bonchev–Trinajstić information content (AvgIpc) is 2.53. The monoisotopic (exact) mass is 375 g/mol. The number of hydrogen-bond donors (Lipinski definition) is 1. The number of nitrogens with zero attached hydrogens (tertiary/aromatic N) is 1. The van der Waals surface area contributed by atoms with Gasteiger partial charge in [0, 0.05) is 17.1 Å². The Bertz CT molecular complexity index is 768. The molecule has 0 amide bonds. The van der Waals surface area contributed by atoms with Gasteiger partial charge >= 0.3 is 5.97 Å². The maximum absolute atomic E-state index is 10.7. The lowest BCUT2D eigenvalue weighted by atomic mass is 9.84. The third-order valence-corrected chi connectivity index (χ3v) is 4.32. The number of ether oxygens (including phenoxy) is 1. The van der Waals surface area contributed by atoms with Crippen LogP contribution in [0.5, 0.6) is 5.75 Å². The molecule has 0 radical (unpaired) electrons. The summed E-state index contributed by atoms with van der Waals surface area (Å²) in [6, 6.07) is 13.9. The van der Waals surface area contributed by atoms with Crippen molar-refractivity contribution >= 4 is 17.6 Å². The summed E-state index contributed by atoms with van der Waals surface area (Å²) >= 11 is 6.12. The van der Waals surface area contributed by atoms with Crippen LogP contribution in [0, 0.1) is 0 Å². The number of benzene rings is 2. The molecule has 0 saturated heterocycles. The topological polar surface area (TPSA) is 49.8 Å². The molecular formula is C21H26ClNO3. The predicted octanol–water partition coefficient (Wildman–Crippen LogP) is 4.70. The van der Waals surface area contributed by atoms with Gasteiger partial charge in [-0.3, -0.25) is 9.69 Å². The summed E-state index contributed by atoms with van der Waals surface area (Å²) in [5, 5.41) is 9.53. The zero-order valence-electron chi connectivity index (χ0n) is 15.8. The molecule has 0 aliphatic rings. The maximum Gasteiger partial charge on any atom is 0.317 e. The molecule has 5 heteroatoms. The minimum absolute atomic E-state index is 0.00317. The Hall–Kier alpha value is -2.04. The van der Waals surface area contributed by atoms with E-state index >= 15 is 0 Å². The van der Waals surface area contributed by atoms with Gasteiger partial charge in [0.25, 0.3) is 0 Å². The highest BCUT2D eigenvalue weighted by Gasteiger charge is 2.20. The second kappa shape index (κ2) is 8.56. The van der Waals surface area contributed by atoms with Crippen LogP contribution in [-0.2, 0) is 10.2 Å². The molecule has 26 heavy (non-hydrogen) atoms. The Labute approximate surface area is 160 Å². The van der Waals surface area contributed by atoms with Crippen molar-refractivity contribution in [3.8, 4) is 16.9 Å². The van der Waals surface area contributed by atoms with Crippen LogP contribution in [0.4, 0.5) is 0 Å². The largest absolute Gasteiger partial charge is 0.492 e. The molecule has 0 unspecified atom stereocenters. The second-order valence-corrected chi connectivity index (χ2v) is 7.89. The van der Waals surface area contributed by atoms with Gasteiger partial charge in [-0.15, -0.1) is 0 Å². The quantitative estimate of drug-likeness (QED) is 0.762. The molecule has 0 saturated carbocycles. The number of carboxylic acid groups (broad SMARTS) is 1. The molecule has 0 aliphatic carbocycles. The van der Waals surface area contributed by atoms with Crippen molar-refractivity contribution in [3.05, 3.63) is 53.1 Å². The smallest absolute Gasteiger partial charge is 0.317 e. The fourth-order valence-electron chi connectivity index (χ4n) is 2.71. The number of rotatable bonds is 7. The van der Waals surface area contributed by atoms with Crippen molar-refractivity contribution < 1.29 is 14.6 Å². The van der Waals surface area contributed by atoms with E-state index in [1.807, 2.05) is 36.4 Å². The fraction of sp³-hybridized carbons (Fsp3) is 0.381. The fourth-order valence-corrected chi connectivity index (χ4v) is 2.90. The third-order valence-electron chi connectivity index (χ3n) is 4.08. The lowest BCUT2D eigenvalue weighted by Gasteiger charge is -2.24. The molecule has 0 aliphatic heterocycles. The Morgan fingerprint density at radius 2 is 1.85 bits per heavy atom. The minimum Gasteiger partial charge on any atom is -0.492 e. The van der Waals surface area contributed by atoms with E-state index in [1.54, 1.807) is 11.9 Å². The van der Waals surface area contributed by atoms with Crippen LogP contribution in [0.3, 0.4) is 0 Å². The van der Waals surface area contributed by atoms with Crippen LogP contribution < -0.4 is 4.74 Å². The molecule has 0 fully saturated rings. The molecule has 1 N–H and O–H groups in total. The van der Waals surface area contributed by atoms with Crippen LogP contribution in [0.1, 0.15) is 26.3 Å². The van der Waals surface area contributed by atoms with Gasteiger partial charge in [-0.05, 0) is 47.9 Å². The SMILES string of the molecule is CN(CCOc1ccc(-c2cccc(Cl)c2)cc1C(C)(C)C)CC(=O)O. The van der Waals surface area contributed by atoms with E-state index in [-0.39, 0.29) is 12.0 Å². The highest BCUT2D eigenvalue weighted by Crippen LogP contribution is 2.35. The van der Waals surface area contributed by atoms with Crippen molar-refractivity contribution in [2.24, 2.45) is 0 Å². The highest BCUT2D eigenvalue weighted by molar-refractivity contribution is 6.30. The number of carboxylic acids is 1. The first kappa shape index (κ1) is 20.3. The van der Waals surface area contributed by atoms with Crippen LogP contribution >= 0.6 is 11.6 Å². The summed E-state index contributed by atoms with van der Waals surface area (Å²) in [4.78, 5) is 12.5. The Morgan fingerprint density at radius 1 is 1.15 bits per heavy atom. The van der Waals surface area contributed by atoms with Crippen molar-refractivity contribution in [1.82, 2.24) is 4.90 Å². The van der Waals surface area contributed by atoms with Gasteiger partial charge in [0.15, 0.2) is 0 Å². The summed E-state index contributed by atoms with van der Waals surface area (Å²) in [6.45, 7) is 7.42. The van der Waals surface area contributed by atoms with Gasteiger partial charge in [0.1, 0.15) is 12.4 Å². The Kier molecular flexibility index (Phi) is 6.68. The first-order valence-electron chi connectivity index (χ1n) is 8.60. The van der Waals surface area contributed by atoms with Gasteiger partial charge in [-0.25, -0.2) is 0 Å². The van der Waals surface area contributed by atoms with Crippen LogP contribution in [0.25, 0.3) is 11.1 Å². The summed E-state index contributed by atoms with van der Waals surface area (Å²) < 4.78 is 5.97. The first-order valence-corrected chi connectivity index (χ1v) is 8.98. The maximum atomic E-state index is 10.7.